The summed E-state index contributed by atoms with van der Waals surface area (Å²) in [5.74, 6) is -0.288. The van der Waals surface area contributed by atoms with E-state index in [9.17, 15) is 9.18 Å². The highest BCUT2D eigenvalue weighted by atomic mass is 32.1. The van der Waals surface area contributed by atoms with Gasteiger partial charge in [0.15, 0.2) is 4.80 Å². The molecule has 4 rings (SSSR count). The summed E-state index contributed by atoms with van der Waals surface area (Å²) in [6, 6.07) is 14.5. The summed E-state index contributed by atoms with van der Waals surface area (Å²) in [5, 5.41) is 7.73. The molecule has 0 saturated carbocycles. The minimum Gasteiger partial charge on any atom is -0.383 e. The molecule has 2 aromatic carbocycles. The second-order valence-electron chi connectivity index (χ2n) is 8.32. The standard InChI is InChI=1S/C26H32FN5O3S/c1-34-16-12-29-25(33)28-11-2-13-32-24(19-36-26(32)30-22-7-5-21(27)6-8-22)20-3-9-23(10-4-20)31-14-17-35-18-15-31/h3-10,19H,2,11-18H2,1H3,(H2,28,29,33). The number of morpholine rings is 1. The first-order chi connectivity index (χ1) is 17.6. The van der Waals surface area contributed by atoms with Gasteiger partial charge in [-0.15, -0.1) is 11.3 Å². The number of ether oxygens (including phenoxy) is 2. The van der Waals surface area contributed by atoms with Gasteiger partial charge in [0.2, 0.25) is 0 Å². The van der Waals surface area contributed by atoms with Crippen LogP contribution in [0.25, 0.3) is 11.3 Å². The molecule has 2 N–H and O–H groups in total. The Kier molecular flexibility index (Phi) is 9.48. The Bertz CT molecular complexity index is 1170. The van der Waals surface area contributed by atoms with E-state index in [0.29, 0.717) is 31.9 Å². The lowest BCUT2D eigenvalue weighted by molar-refractivity contribution is 0.122. The maximum atomic E-state index is 13.4. The first-order valence-electron chi connectivity index (χ1n) is 12.1. The number of rotatable bonds is 10. The number of amides is 2. The molecule has 1 saturated heterocycles. The Morgan fingerprint density at radius 1 is 1.08 bits per heavy atom. The lowest BCUT2D eigenvalue weighted by Crippen LogP contribution is -2.38. The van der Waals surface area contributed by atoms with Crippen LogP contribution in [0.5, 0.6) is 0 Å². The van der Waals surface area contributed by atoms with E-state index in [1.54, 1.807) is 30.6 Å². The molecule has 0 unspecified atom stereocenters. The molecule has 192 valence electrons. The number of methoxy groups -OCH3 is 1. The second kappa shape index (κ2) is 13.2. The van der Waals surface area contributed by atoms with Gasteiger partial charge >= 0.3 is 6.03 Å². The van der Waals surface area contributed by atoms with Gasteiger partial charge in [0.1, 0.15) is 5.82 Å². The van der Waals surface area contributed by atoms with Crippen LogP contribution in [0.1, 0.15) is 6.42 Å². The van der Waals surface area contributed by atoms with E-state index in [1.165, 1.54) is 17.8 Å². The number of carbonyl (C=O) groups excluding carboxylic acids is 1. The molecule has 0 radical (unpaired) electrons. The molecule has 0 bridgehead atoms. The van der Waals surface area contributed by atoms with E-state index in [0.717, 1.165) is 48.8 Å². The maximum Gasteiger partial charge on any atom is 0.314 e. The molecule has 0 atom stereocenters. The van der Waals surface area contributed by atoms with Gasteiger partial charge in [-0.2, -0.15) is 0 Å². The van der Waals surface area contributed by atoms with Crippen LogP contribution in [0.2, 0.25) is 0 Å². The molecule has 2 heterocycles. The van der Waals surface area contributed by atoms with E-state index in [-0.39, 0.29) is 11.8 Å². The van der Waals surface area contributed by atoms with Gasteiger partial charge in [-0.1, -0.05) is 12.1 Å². The summed E-state index contributed by atoms with van der Waals surface area (Å²) in [7, 11) is 1.60. The van der Waals surface area contributed by atoms with Gasteiger partial charge in [-0.3, -0.25) is 0 Å². The molecule has 8 nitrogen and oxygen atoms in total. The number of thiazole rings is 1. The van der Waals surface area contributed by atoms with E-state index >= 15 is 0 Å². The van der Waals surface area contributed by atoms with Crippen LogP contribution in [0, 0.1) is 5.82 Å². The van der Waals surface area contributed by atoms with Gasteiger partial charge in [-0.25, -0.2) is 14.2 Å². The summed E-state index contributed by atoms with van der Waals surface area (Å²) >= 11 is 1.54. The van der Waals surface area contributed by atoms with E-state index in [4.69, 9.17) is 14.5 Å². The van der Waals surface area contributed by atoms with Crippen molar-refractivity contribution in [1.29, 1.82) is 0 Å². The van der Waals surface area contributed by atoms with Gasteiger partial charge in [-0.05, 0) is 48.4 Å². The van der Waals surface area contributed by atoms with Gasteiger partial charge in [0.25, 0.3) is 0 Å². The monoisotopic (exact) mass is 513 g/mol. The Labute approximate surface area is 214 Å². The van der Waals surface area contributed by atoms with Gasteiger partial charge < -0.3 is 29.6 Å². The predicted molar refractivity (Wildman–Crippen MR) is 140 cm³/mol. The van der Waals surface area contributed by atoms with Crippen molar-refractivity contribution < 1.29 is 18.7 Å². The molecule has 0 spiro atoms. The van der Waals surface area contributed by atoms with Crippen molar-refractivity contribution in [2.24, 2.45) is 4.99 Å². The topological polar surface area (TPSA) is 80.1 Å². The van der Waals surface area contributed by atoms with Crippen LogP contribution in [0.15, 0.2) is 58.9 Å². The van der Waals surface area contributed by atoms with Gasteiger partial charge in [0, 0.05) is 50.9 Å². The molecular formula is C26H32FN5O3S. The number of urea groups is 1. The Balaban J connectivity index is 1.51. The van der Waals surface area contributed by atoms with Crippen LogP contribution in [0.3, 0.4) is 0 Å². The Hall–Kier alpha value is -3.21. The fourth-order valence-corrected chi connectivity index (χ4v) is 4.88. The normalized spacial score (nSPS) is 14.2. The fraction of sp³-hybridized carbons (Fsp3) is 0.385. The summed E-state index contributed by atoms with van der Waals surface area (Å²) in [6.45, 7) is 5.41. The second-order valence-corrected chi connectivity index (χ2v) is 9.16. The average molecular weight is 514 g/mol. The van der Waals surface area contributed by atoms with Crippen molar-refractivity contribution in [3.63, 3.8) is 0 Å². The maximum absolute atomic E-state index is 13.4. The number of hydrogen-bond acceptors (Lipinski definition) is 6. The average Bonchev–Trinajstić information content (AvgIpc) is 3.31. The van der Waals surface area contributed by atoms with Crippen molar-refractivity contribution in [3.8, 4) is 11.3 Å². The molecule has 1 aliphatic heterocycles. The minimum atomic E-state index is -0.288. The van der Waals surface area contributed by atoms with Crippen LogP contribution in [-0.2, 0) is 16.0 Å². The zero-order valence-corrected chi connectivity index (χ0v) is 21.2. The fourth-order valence-electron chi connectivity index (χ4n) is 3.92. The number of hydrogen-bond donors (Lipinski definition) is 2. The first kappa shape index (κ1) is 25.9. The molecule has 10 heteroatoms. The van der Waals surface area contributed by atoms with Crippen molar-refractivity contribution in [1.82, 2.24) is 15.2 Å². The Morgan fingerprint density at radius 2 is 1.81 bits per heavy atom. The van der Waals surface area contributed by atoms with Crippen molar-refractivity contribution in [2.45, 2.75) is 13.0 Å². The van der Waals surface area contributed by atoms with Gasteiger partial charge in [0.05, 0.1) is 31.2 Å². The third-order valence-electron chi connectivity index (χ3n) is 5.82. The van der Waals surface area contributed by atoms with Crippen LogP contribution in [-0.4, -0.2) is 63.7 Å². The molecule has 36 heavy (non-hydrogen) atoms. The minimum absolute atomic E-state index is 0.211. The molecule has 0 aliphatic carbocycles. The van der Waals surface area contributed by atoms with E-state index in [1.807, 2.05) is 0 Å². The summed E-state index contributed by atoms with van der Waals surface area (Å²) in [5.41, 5.74) is 4.02. The molecule has 1 aliphatic rings. The number of anilines is 1. The number of halogens is 1. The van der Waals surface area contributed by atoms with E-state index in [2.05, 4.69) is 49.7 Å². The molecule has 2 amide bonds. The highest BCUT2D eigenvalue weighted by molar-refractivity contribution is 7.07. The predicted octanol–water partition coefficient (Wildman–Crippen LogP) is 3.76. The zero-order chi connectivity index (χ0) is 25.2. The third-order valence-corrected chi connectivity index (χ3v) is 6.69. The third kappa shape index (κ3) is 7.16. The summed E-state index contributed by atoms with van der Waals surface area (Å²) < 4.78 is 25.9. The van der Waals surface area contributed by atoms with Crippen LogP contribution < -0.4 is 20.3 Å². The molecule has 1 fully saturated rings. The first-order valence-corrected chi connectivity index (χ1v) is 12.9. The van der Waals surface area contributed by atoms with Crippen molar-refractivity contribution >= 4 is 28.7 Å². The largest absolute Gasteiger partial charge is 0.383 e. The number of nitrogens with one attached hydrogen (secondary N) is 2. The quantitative estimate of drug-likeness (QED) is 0.405. The lowest BCUT2D eigenvalue weighted by atomic mass is 10.1. The number of nitrogens with zero attached hydrogens (tertiary/aromatic N) is 3. The lowest BCUT2D eigenvalue weighted by Gasteiger charge is -2.28. The van der Waals surface area contributed by atoms with Crippen LogP contribution >= 0.6 is 11.3 Å². The highest BCUT2D eigenvalue weighted by Gasteiger charge is 2.13. The summed E-state index contributed by atoms with van der Waals surface area (Å²) in [4.78, 5) is 19.8. The number of benzene rings is 2. The number of carbonyl (C=O) groups is 1. The van der Waals surface area contributed by atoms with Crippen LogP contribution in [0.4, 0.5) is 20.6 Å². The SMILES string of the molecule is COCCNC(=O)NCCCn1c(-c2ccc(N3CCOCC3)cc2)csc1=Nc1ccc(F)cc1. The van der Waals surface area contributed by atoms with E-state index < -0.39 is 0 Å². The molecule has 3 aromatic rings. The molecular weight excluding hydrogens is 481 g/mol. The molecule has 1 aromatic heterocycles. The van der Waals surface area contributed by atoms with Crippen molar-refractivity contribution in [2.75, 3.05) is 58.0 Å². The zero-order valence-electron chi connectivity index (χ0n) is 20.4. The smallest absolute Gasteiger partial charge is 0.314 e. The number of aromatic nitrogens is 1. The summed E-state index contributed by atoms with van der Waals surface area (Å²) in [6.07, 6.45) is 0.726. The highest BCUT2D eigenvalue weighted by Crippen LogP contribution is 2.25. The Morgan fingerprint density at radius 3 is 2.53 bits per heavy atom. The van der Waals surface area contributed by atoms with Crippen molar-refractivity contribution in [3.05, 3.63) is 64.5 Å².